The number of nitrogens with zero attached hydrogens (tertiary/aromatic N) is 2. The van der Waals surface area contributed by atoms with E-state index in [1.165, 1.54) is 0 Å². The molecule has 1 aliphatic heterocycles. The largest absolute Gasteiger partial charge is 0.476 e. The van der Waals surface area contributed by atoms with Gasteiger partial charge in [0.2, 0.25) is 0 Å². The topological polar surface area (TPSA) is 55.1 Å². The van der Waals surface area contributed by atoms with E-state index in [9.17, 15) is 4.79 Å². The molecule has 0 aliphatic carbocycles. The van der Waals surface area contributed by atoms with Gasteiger partial charge in [0.15, 0.2) is 5.69 Å². The quantitative estimate of drug-likeness (QED) is 0.812. The SMILES string of the molecule is Cl.O=C(O)c1nc2n(c1Cl)CCCC2. The summed E-state index contributed by atoms with van der Waals surface area (Å²) in [5.41, 5.74) is -0.0152. The van der Waals surface area contributed by atoms with Crippen LogP contribution in [-0.4, -0.2) is 20.6 Å². The van der Waals surface area contributed by atoms with Crippen LogP contribution < -0.4 is 0 Å². The number of rotatable bonds is 1. The lowest BCUT2D eigenvalue weighted by atomic mass is 10.2. The summed E-state index contributed by atoms with van der Waals surface area (Å²) < 4.78 is 1.79. The number of aryl methyl sites for hydroxylation is 1. The summed E-state index contributed by atoms with van der Waals surface area (Å²) in [5.74, 6) is -0.249. The van der Waals surface area contributed by atoms with Crippen LogP contribution in [0.2, 0.25) is 5.15 Å². The number of imidazole rings is 1. The number of hydrogen-bond acceptors (Lipinski definition) is 2. The van der Waals surface area contributed by atoms with Crippen molar-refractivity contribution in [1.82, 2.24) is 9.55 Å². The van der Waals surface area contributed by atoms with Crippen molar-refractivity contribution in [2.24, 2.45) is 0 Å². The maximum Gasteiger partial charge on any atom is 0.357 e. The smallest absolute Gasteiger partial charge is 0.357 e. The van der Waals surface area contributed by atoms with Crippen molar-refractivity contribution in [3.05, 3.63) is 16.7 Å². The molecule has 0 bridgehead atoms. The van der Waals surface area contributed by atoms with Crippen LogP contribution in [-0.2, 0) is 13.0 Å². The molecule has 78 valence electrons. The molecule has 1 aromatic heterocycles. The molecule has 4 nitrogen and oxygen atoms in total. The van der Waals surface area contributed by atoms with E-state index < -0.39 is 5.97 Å². The molecule has 0 atom stereocenters. The standard InChI is InChI=1S/C8H9ClN2O2.ClH/c9-7-6(8(12)13)10-5-3-1-2-4-11(5)7;/h1-4H2,(H,12,13);1H. The van der Waals surface area contributed by atoms with Crippen molar-refractivity contribution in [2.45, 2.75) is 25.8 Å². The van der Waals surface area contributed by atoms with Gasteiger partial charge < -0.3 is 9.67 Å². The summed E-state index contributed by atoms with van der Waals surface area (Å²) in [4.78, 5) is 14.7. The fourth-order valence-corrected chi connectivity index (χ4v) is 1.89. The molecule has 1 aliphatic rings. The van der Waals surface area contributed by atoms with E-state index in [2.05, 4.69) is 4.98 Å². The van der Waals surface area contributed by atoms with Crippen LogP contribution in [0.5, 0.6) is 0 Å². The first-order valence-electron chi connectivity index (χ1n) is 4.18. The Balaban J connectivity index is 0.000000980. The number of carboxylic acids is 1. The molecule has 0 radical (unpaired) electrons. The second-order valence-corrected chi connectivity index (χ2v) is 3.44. The van der Waals surface area contributed by atoms with Gasteiger partial charge in [-0.3, -0.25) is 0 Å². The highest BCUT2D eigenvalue weighted by molar-refractivity contribution is 6.32. The third-order valence-electron chi connectivity index (χ3n) is 2.22. The Labute approximate surface area is 92.3 Å². The van der Waals surface area contributed by atoms with Crippen molar-refractivity contribution in [2.75, 3.05) is 0 Å². The zero-order valence-corrected chi connectivity index (χ0v) is 8.94. The highest BCUT2D eigenvalue weighted by Crippen LogP contribution is 2.23. The van der Waals surface area contributed by atoms with E-state index in [4.69, 9.17) is 16.7 Å². The molecule has 1 aromatic rings. The Bertz CT molecular complexity index is 362. The molecule has 2 heterocycles. The van der Waals surface area contributed by atoms with Crippen LogP contribution in [0.25, 0.3) is 0 Å². The lowest BCUT2D eigenvalue weighted by Gasteiger charge is -2.13. The predicted octanol–water partition coefficient (Wildman–Crippen LogP) is 1.99. The molecular weight excluding hydrogens is 227 g/mol. The minimum Gasteiger partial charge on any atom is -0.476 e. The fraction of sp³-hybridized carbons (Fsp3) is 0.500. The Morgan fingerprint density at radius 3 is 2.79 bits per heavy atom. The van der Waals surface area contributed by atoms with Gasteiger partial charge in [0, 0.05) is 13.0 Å². The van der Waals surface area contributed by atoms with E-state index in [1.54, 1.807) is 4.57 Å². The van der Waals surface area contributed by atoms with Gasteiger partial charge in [-0.25, -0.2) is 9.78 Å². The summed E-state index contributed by atoms with van der Waals surface area (Å²) in [6.07, 6.45) is 2.93. The zero-order chi connectivity index (χ0) is 9.42. The second-order valence-electron chi connectivity index (χ2n) is 3.08. The van der Waals surface area contributed by atoms with Gasteiger partial charge in [-0.1, -0.05) is 11.6 Å². The van der Waals surface area contributed by atoms with Crippen LogP contribution in [0.4, 0.5) is 0 Å². The van der Waals surface area contributed by atoms with Crippen molar-refractivity contribution < 1.29 is 9.90 Å². The van der Waals surface area contributed by atoms with E-state index >= 15 is 0 Å². The lowest BCUT2D eigenvalue weighted by Crippen LogP contribution is -2.10. The molecule has 0 spiro atoms. The van der Waals surface area contributed by atoms with Gasteiger partial charge in [0.25, 0.3) is 0 Å². The van der Waals surface area contributed by atoms with Gasteiger partial charge in [0.05, 0.1) is 0 Å². The maximum atomic E-state index is 10.7. The molecule has 0 amide bonds. The normalized spacial score (nSPS) is 14.4. The van der Waals surface area contributed by atoms with Crippen LogP contribution >= 0.6 is 24.0 Å². The van der Waals surface area contributed by atoms with E-state index in [0.29, 0.717) is 0 Å². The lowest BCUT2D eigenvalue weighted by molar-refractivity contribution is 0.0691. The average molecular weight is 237 g/mol. The number of halogens is 2. The Hall–Kier alpha value is -0.740. The molecule has 0 aromatic carbocycles. The number of fused-ring (bicyclic) bond motifs is 1. The minimum atomic E-state index is -1.05. The van der Waals surface area contributed by atoms with Crippen LogP contribution in [0, 0.1) is 0 Å². The number of aromatic nitrogens is 2. The summed E-state index contributed by atoms with van der Waals surface area (Å²) >= 11 is 5.86. The monoisotopic (exact) mass is 236 g/mol. The summed E-state index contributed by atoms with van der Waals surface area (Å²) in [5, 5.41) is 9.02. The Kier molecular flexibility index (Phi) is 3.39. The second kappa shape index (κ2) is 4.19. The van der Waals surface area contributed by atoms with Crippen molar-refractivity contribution in [3.63, 3.8) is 0 Å². The van der Waals surface area contributed by atoms with Gasteiger partial charge in [-0.15, -0.1) is 12.4 Å². The van der Waals surface area contributed by atoms with E-state index in [-0.39, 0.29) is 23.3 Å². The first-order valence-corrected chi connectivity index (χ1v) is 4.56. The van der Waals surface area contributed by atoms with E-state index in [1.807, 2.05) is 0 Å². The van der Waals surface area contributed by atoms with Crippen LogP contribution in [0.15, 0.2) is 0 Å². The van der Waals surface area contributed by atoms with Crippen molar-refractivity contribution in [1.29, 1.82) is 0 Å². The molecule has 2 rings (SSSR count). The minimum absolute atomic E-state index is 0. The molecule has 1 N–H and O–H groups in total. The predicted molar refractivity (Wildman–Crippen MR) is 54.4 cm³/mol. The number of hydrogen-bond donors (Lipinski definition) is 1. The van der Waals surface area contributed by atoms with Gasteiger partial charge >= 0.3 is 5.97 Å². The molecular formula is C8H10Cl2N2O2. The summed E-state index contributed by atoms with van der Waals surface area (Å²) in [6.45, 7) is 0.786. The maximum absolute atomic E-state index is 10.7. The van der Waals surface area contributed by atoms with E-state index in [0.717, 1.165) is 31.6 Å². The van der Waals surface area contributed by atoms with Crippen molar-refractivity contribution >= 4 is 30.0 Å². The van der Waals surface area contributed by atoms with Gasteiger partial charge in [-0.2, -0.15) is 0 Å². The van der Waals surface area contributed by atoms with Crippen LogP contribution in [0.1, 0.15) is 29.2 Å². The number of carbonyl (C=O) groups is 1. The zero-order valence-electron chi connectivity index (χ0n) is 7.36. The molecule has 0 saturated carbocycles. The Morgan fingerprint density at radius 1 is 1.50 bits per heavy atom. The third kappa shape index (κ3) is 1.72. The fourth-order valence-electron chi connectivity index (χ4n) is 1.58. The highest BCUT2D eigenvalue weighted by atomic mass is 35.5. The first-order chi connectivity index (χ1) is 6.20. The molecule has 6 heteroatoms. The summed E-state index contributed by atoms with van der Waals surface area (Å²) in [7, 11) is 0. The average Bonchev–Trinajstić information content (AvgIpc) is 2.45. The molecule has 14 heavy (non-hydrogen) atoms. The van der Waals surface area contributed by atoms with Gasteiger partial charge in [-0.05, 0) is 12.8 Å². The molecule has 0 saturated heterocycles. The molecule has 0 fully saturated rings. The highest BCUT2D eigenvalue weighted by Gasteiger charge is 2.21. The summed E-state index contributed by atoms with van der Waals surface area (Å²) in [6, 6.07) is 0. The molecule has 0 unspecified atom stereocenters. The van der Waals surface area contributed by atoms with Gasteiger partial charge in [0.1, 0.15) is 11.0 Å². The van der Waals surface area contributed by atoms with Crippen molar-refractivity contribution in [3.8, 4) is 0 Å². The third-order valence-corrected chi connectivity index (χ3v) is 2.60. The number of aromatic carboxylic acids is 1. The Morgan fingerprint density at radius 2 is 2.21 bits per heavy atom. The number of carboxylic acid groups (broad SMARTS) is 1. The first kappa shape index (κ1) is 11.3. The van der Waals surface area contributed by atoms with Crippen LogP contribution in [0.3, 0.4) is 0 Å².